The van der Waals surface area contributed by atoms with Crippen molar-refractivity contribution in [1.82, 2.24) is 10.2 Å². The number of thioether (sulfide) groups is 1. The molecular weight excluding hydrogens is 740 g/mol. The number of anilines is 2. The van der Waals surface area contributed by atoms with E-state index in [4.69, 9.17) is 16.3 Å². The fourth-order valence-electron chi connectivity index (χ4n) is 5.96. The van der Waals surface area contributed by atoms with E-state index in [1.165, 1.54) is 28.7 Å². The van der Waals surface area contributed by atoms with E-state index in [1.807, 2.05) is 24.3 Å². The molecule has 0 aliphatic carbocycles. The van der Waals surface area contributed by atoms with Gasteiger partial charge in [-0.1, -0.05) is 78.3 Å². The van der Waals surface area contributed by atoms with E-state index in [9.17, 15) is 19.2 Å². The molecule has 0 radical (unpaired) electrons. The van der Waals surface area contributed by atoms with Crippen LogP contribution in [0.15, 0.2) is 120 Å². The highest BCUT2D eigenvalue weighted by Crippen LogP contribution is 2.39. The Balaban J connectivity index is 1.14. The molecule has 54 heavy (non-hydrogen) atoms. The van der Waals surface area contributed by atoms with Crippen molar-refractivity contribution in [2.75, 3.05) is 23.8 Å². The van der Waals surface area contributed by atoms with Crippen LogP contribution in [0.3, 0.4) is 0 Å². The summed E-state index contributed by atoms with van der Waals surface area (Å²) in [6.07, 6.45) is 2.23. The normalized spacial score (nSPS) is 13.4. The Morgan fingerprint density at radius 1 is 0.926 bits per heavy atom. The summed E-state index contributed by atoms with van der Waals surface area (Å²) in [4.78, 5) is 57.6. The van der Waals surface area contributed by atoms with Gasteiger partial charge in [-0.2, -0.15) is 0 Å². The van der Waals surface area contributed by atoms with Gasteiger partial charge in [0, 0.05) is 45.7 Å². The number of nitrogens with zero attached hydrogens (tertiary/aromatic N) is 1. The standard InChI is InChI=1S/C42H39ClN4O5S2/c1-3-52-42(51)37-34-20-21-47(25-28-12-6-4-7-13-28)26-36(34)54-41(37)46-38(48)27(2)53-33-19-11-18-32(24-33)44-40(50)35(23-29-14-10-17-31(43)22-29)45-39(49)30-15-8-5-9-16-30/h4-19,22-24,27H,3,20-21,25-26H2,1-2H3,(H,44,50)(H,45,49)(H,46,48)/b35-23-. The summed E-state index contributed by atoms with van der Waals surface area (Å²) in [5.41, 5.74) is 4.12. The molecule has 1 atom stereocenters. The molecule has 9 nitrogen and oxygen atoms in total. The van der Waals surface area contributed by atoms with Gasteiger partial charge in [-0.05, 0) is 85.5 Å². The molecule has 3 amide bonds. The number of hydrogen-bond acceptors (Lipinski definition) is 8. The Hall–Kier alpha value is -5.20. The molecule has 5 aromatic rings. The van der Waals surface area contributed by atoms with Crippen LogP contribution >= 0.6 is 34.7 Å². The molecule has 0 saturated heterocycles. The quantitative estimate of drug-likeness (QED) is 0.0623. The highest BCUT2D eigenvalue weighted by molar-refractivity contribution is 8.00. The zero-order valence-corrected chi connectivity index (χ0v) is 32.2. The van der Waals surface area contributed by atoms with Crippen LogP contribution in [0.4, 0.5) is 10.7 Å². The first-order valence-corrected chi connectivity index (χ1v) is 19.5. The van der Waals surface area contributed by atoms with Crippen molar-refractivity contribution in [1.29, 1.82) is 0 Å². The van der Waals surface area contributed by atoms with Crippen molar-refractivity contribution in [3.8, 4) is 0 Å². The first-order chi connectivity index (χ1) is 26.2. The summed E-state index contributed by atoms with van der Waals surface area (Å²) < 4.78 is 5.43. The molecule has 12 heteroatoms. The van der Waals surface area contributed by atoms with Crippen LogP contribution in [0.2, 0.25) is 5.02 Å². The maximum absolute atomic E-state index is 13.6. The fraction of sp³-hybridized carbons (Fsp3) is 0.190. The van der Waals surface area contributed by atoms with E-state index in [-0.39, 0.29) is 18.2 Å². The summed E-state index contributed by atoms with van der Waals surface area (Å²) in [7, 11) is 0. The van der Waals surface area contributed by atoms with E-state index >= 15 is 0 Å². The molecule has 1 aromatic heterocycles. The molecule has 1 aliphatic heterocycles. The Labute approximate surface area is 327 Å². The van der Waals surface area contributed by atoms with Gasteiger partial charge in [0.2, 0.25) is 5.91 Å². The summed E-state index contributed by atoms with van der Waals surface area (Å²) in [6, 6.07) is 32.9. The largest absolute Gasteiger partial charge is 0.462 e. The number of hydrogen-bond donors (Lipinski definition) is 3. The smallest absolute Gasteiger partial charge is 0.341 e. The average Bonchev–Trinajstić information content (AvgIpc) is 3.52. The SMILES string of the molecule is CCOC(=O)c1c(NC(=O)C(C)Sc2cccc(NC(=O)/C(=C/c3cccc(Cl)c3)NC(=O)c3ccccc3)c2)sc2c1CCN(Cc1ccccc1)C2. The predicted molar refractivity (Wildman–Crippen MR) is 217 cm³/mol. The van der Waals surface area contributed by atoms with Crippen molar-refractivity contribution in [3.63, 3.8) is 0 Å². The lowest BCUT2D eigenvalue weighted by atomic mass is 10.0. The van der Waals surface area contributed by atoms with Crippen molar-refractivity contribution >= 4 is 75.2 Å². The minimum absolute atomic E-state index is 0.0242. The lowest BCUT2D eigenvalue weighted by Crippen LogP contribution is -2.30. The molecular formula is C42H39ClN4O5S2. The van der Waals surface area contributed by atoms with Crippen LogP contribution in [0, 0.1) is 0 Å². The van der Waals surface area contributed by atoms with E-state index < -0.39 is 23.0 Å². The first-order valence-electron chi connectivity index (χ1n) is 17.5. The van der Waals surface area contributed by atoms with Gasteiger partial charge in [0.25, 0.3) is 11.8 Å². The van der Waals surface area contributed by atoms with Crippen LogP contribution in [-0.4, -0.2) is 47.0 Å². The number of amides is 3. The molecule has 276 valence electrons. The maximum atomic E-state index is 13.6. The number of esters is 1. The number of carbonyl (C=O) groups excluding carboxylic acids is 4. The number of ether oxygens (including phenoxy) is 1. The summed E-state index contributed by atoms with van der Waals surface area (Å²) in [6.45, 7) is 6.04. The zero-order chi connectivity index (χ0) is 38.0. The number of nitrogens with one attached hydrogen (secondary N) is 3. The fourth-order valence-corrected chi connectivity index (χ4v) is 8.37. The van der Waals surface area contributed by atoms with E-state index in [0.29, 0.717) is 45.4 Å². The Morgan fingerprint density at radius 2 is 1.67 bits per heavy atom. The Morgan fingerprint density at radius 3 is 2.41 bits per heavy atom. The maximum Gasteiger partial charge on any atom is 0.341 e. The van der Waals surface area contributed by atoms with Crippen LogP contribution in [0.5, 0.6) is 0 Å². The van der Waals surface area contributed by atoms with Crippen LogP contribution in [-0.2, 0) is 33.8 Å². The van der Waals surface area contributed by atoms with Gasteiger partial charge in [-0.25, -0.2) is 4.79 Å². The van der Waals surface area contributed by atoms with E-state index in [0.717, 1.165) is 28.4 Å². The van der Waals surface area contributed by atoms with Crippen LogP contribution in [0.1, 0.15) is 56.1 Å². The van der Waals surface area contributed by atoms with Crippen molar-refractivity contribution in [2.45, 2.75) is 43.5 Å². The molecule has 0 spiro atoms. The van der Waals surface area contributed by atoms with Gasteiger partial charge in [0.15, 0.2) is 0 Å². The molecule has 0 fully saturated rings. The number of fused-ring (bicyclic) bond motifs is 1. The molecule has 4 aromatic carbocycles. The molecule has 3 N–H and O–H groups in total. The molecule has 1 unspecified atom stereocenters. The third kappa shape index (κ3) is 10.1. The second kappa shape index (κ2) is 18.2. The number of halogens is 1. The summed E-state index contributed by atoms with van der Waals surface area (Å²) in [5.74, 6) is -1.68. The molecule has 2 heterocycles. The number of rotatable bonds is 13. The lowest BCUT2D eigenvalue weighted by molar-refractivity contribution is -0.115. The van der Waals surface area contributed by atoms with Gasteiger partial charge in [-0.15, -0.1) is 23.1 Å². The summed E-state index contributed by atoms with van der Waals surface area (Å²) >= 11 is 8.92. The predicted octanol–water partition coefficient (Wildman–Crippen LogP) is 8.67. The van der Waals surface area contributed by atoms with Gasteiger partial charge < -0.3 is 20.7 Å². The second-order valence-corrected chi connectivity index (χ2v) is 15.5. The zero-order valence-electron chi connectivity index (χ0n) is 29.8. The summed E-state index contributed by atoms with van der Waals surface area (Å²) in [5, 5.41) is 9.06. The van der Waals surface area contributed by atoms with E-state index in [1.54, 1.807) is 92.7 Å². The first kappa shape index (κ1) is 38.5. The van der Waals surface area contributed by atoms with Gasteiger partial charge in [-0.3, -0.25) is 19.3 Å². The van der Waals surface area contributed by atoms with Gasteiger partial charge >= 0.3 is 5.97 Å². The van der Waals surface area contributed by atoms with Crippen molar-refractivity contribution in [3.05, 3.63) is 153 Å². The minimum Gasteiger partial charge on any atom is -0.462 e. The third-order valence-electron chi connectivity index (χ3n) is 8.56. The topological polar surface area (TPSA) is 117 Å². The van der Waals surface area contributed by atoms with Crippen LogP contribution < -0.4 is 16.0 Å². The van der Waals surface area contributed by atoms with Crippen molar-refractivity contribution < 1.29 is 23.9 Å². The van der Waals surface area contributed by atoms with Gasteiger partial charge in [0.1, 0.15) is 10.7 Å². The highest BCUT2D eigenvalue weighted by Gasteiger charge is 2.30. The Kier molecular flexibility index (Phi) is 13.0. The number of carbonyl (C=O) groups is 4. The van der Waals surface area contributed by atoms with E-state index in [2.05, 4.69) is 33.0 Å². The monoisotopic (exact) mass is 778 g/mol. The third-order valence-corrected chi connectivity index (χ3v) is 11.0. The highest BCUT2D eigenvalue weighted by atomic mass is 35.5. The lowest BCUT2D eigenvalue weighted by Gasteiger charge is -2.27. The van der Waals surface area contributed by atoms with Crippen molar-refractivity contribution in [2.24, 2.45) is 0 Å². The Bertz CT molecular complexity index is 2170. The average molecular weight is 779 g/mol. The van der Waals surface area contributed by atoms with Gasteiger partial charge in [0.05, 0.1) is 17.4 Å². The second-order valence-electron chi connectivity index (χ2n) is 12.5. The van der Waals surface area contributed by atoms with Crippen LogP contribution in [0.25, 0.3) is 6.08 Å². The number of benzene rings is 4. The molecule has 1 aliphatic rings. The molecule has 6 rings (SSSR count). The molecule has 0 saturated carbocycles. The minimum atomic E-state index is -0.553. The molecule has 0 bridgehead atoms. The number of thiophene rings is 1.